The molecule has 2 N–H and O–H groups in total. The van der Waals surface area contributed by atoms with Crippen LogP contribution >= 0.6 is 0 Å². The Morgan fingerprint density at radius 2 is 1.78 bits per heavy atom. The van der Waals surface area contributed by atoms with Gasteiger partial charge in [0.15, 0.2) is 0 Å². The van der Waals surface area contributed by atoms with Crippen molar-refractivity contribution in [2.45, 2.75) is 19.0 Å². The first-order chi connectivity index (χ1) is 15.2. The number of halogens is 3. The molecule has 0 spiro atoms. The van der Waals surface area contributed by atoms with E-state index in [-0.39, 0.29) is 17.9 Å². The lowest BCUT2D eigenvalue weighted by Crippen LogP contribution is -2.33. The molecule has 0 fully saturated rings. The molecule has 0 radical (unpaired) electrons. The maximum absolute atomic E-state index is 12.3. The average molecular weight is 446 g/mol. The van der Waals surface area contributed by atoms with Gasteiger partial charge in [0.25, 0.3) is 5.91 Å². The summed E-state index contributed by atoms with van der Waals surface area (Å²) in [7, 11) is 1.59. The Hall–Kier alpha value is -3.75. The molecule has 2 amide bonds. The Balaban J connectivity index is 1.53. The third-order valence-electron chi connectivity index (χ3n) is 4.49. The van der Waals surface area contributed by atoms with E-state index in [1.54, 1.807) is 24.6 Å². The zero-order valence-electron chi connectivity index (χ0n) is 17.2. The lowest BCUT2D eigenvalue weighted by molar-refractivity contribution is -0.123. The fourth-order valence-corrected chi connectivity index (χ4v) is 2.90. The van der Waals surface area contributed by atoms with Crippen LogP contribution in [-0.2, 0) is 11.2 Å². The van der Waals surface area contributed by atoms with Crippen LogP contribution in [0.2, 0.25) is 0 Å². The largest absolute Gasteiger partial charge is 0.497 e. The van der Waals surface area contributed by atoms with Gasteiger partial charge in [-0.05, 0) is 54.6 Å². The van der Waals surface area contributed by atoms with Crippen LogP contribution in [-0.4, -0.2) is 31.6 Å². The van der Waals surface area contributed by atoms with Gasteiger partial charge in [-0.25, -0.2) is 0 Å². The lowest BCUT2D eigenvalue weighted by atomic mass is 10.1. The normalized spacial score (nSPS) is 11.1. The lowest BCUT2D eigenvalue weighted by Gasteiger charge is -2.10. The SMILES string of the molecule is COc1ccc(-c2ccc(CCC(=O)Nc3cccc(C(=O)NCC(F)(F)F)c3)o2)cc1. The van der Waals surface area contributed by atoms with Crippen molar-refractivity contribution >= 4 is 17.5 Å². The van der Waals surface area contributed by atoms with E-state index in [0.717, 1.165) is 11.3 Å². The van der Waals surface area contributed by atoms with Crippen molar-refractivity contribution in [1.82, 2.24) is 5.32 Å². The number of carbonyl (C=O) groups excluding carboxylic acids is 2. The number of nitrogens with one attached hydrogen (secondary N) is 2. The summed E-state index contributed by atoms with van der Waals surface area (Å²) in [6.45, 7) is -1.43. The number of alkyl halides is 3. The van der Waals surface area contributed by atoms with Crippen molar-refractivity contribution in [3.8, 4) is 17.1 Å². The Kier molecular flexibility index (Phi) is 7.19. The van der Waals surface area contributed by atoms with Gasteiger partial charge >= 0.3 is 6.18 Å². The minimum atomic E-state index is -4.50. The number of hydrogen-bond donors (Lipinski definition) is 2. The molecule has 3 rings (SSSR count). The van der Waals surface area contributed by atoms with Gasteiger partial charge in [-0.15, -0.1) is 0 Å². The maximum Gasteiger partial charge on any atom is 0.405 e. The van der Waals surface area contributed by atoms with Crippen molar-refractivity contribution in [3.63, 3.8) is 0 Å². The first kappa shape index (κ1) is 22.9. The predicted octanol–water partition coefficient (Wildman–Crippen LogP) is 4.82. The molecule has 2 aromatic carbocycles. The molecular formula is C23H21F3N2O4. The molecule has 9 heteroatoms. The number of amides is 2. The fourth-order valence-electron chi connectivity index (χ4n) is 2.90. The fraction of sp³-hybridized carbons (Fsp3) is 0.217. The van der Waals surface area contributed by atoms with Gasteiger partial charge in [0.2, 0.25) is 5.91 Å². The van der Waals surface area contributed by atoms with Gasteiger partial charge in [-0.3, -0.25) is 9.59 Å². The second-order valence-corrected chi connectivity index (χ2v) is 6.92. The molecule has 0 atom stereocenters. The average Bonchev–Trinajstić information content (AvgIpc) is 3.25. The zero-order valence-corrected chi connectivity index (χ0v) is 17.2. The number of rotatable bonds is 8. The highest BCUT2D eigenvalue weighted by Gasteiger charge is 2.27. The maximum atomic E-state index is 12.3. The molecular weight excluding hydrogens is 425 g/mol. The van der Waals surface area contributed by atoms with Crippen molar-refractivity contribution in [2.75, 3.05) is 19.0 Å². The number of ether oxygens (including phenoxy) is 1. The monoisotopic (exact) mass is 446 g/mol. The Morgan fingerprint density at radius 3 is 2.47 bits per heavy atom. The molecule has 0 bridgehead atoms. The van der Waals surface area contributed by atoms with E-state index in [1.165, 1.54) is 18.2 Å². The molecule has 0 aliphatic carbocycles. The van der Waals surface area contributed by atoms with Crippen LogP contribution < -0.4 is 15.4 Å². The van der Waals surface area contributed by atoms with Gasteiger partial charge < -0.3 is 19.8 Å². The Bertz CT molecular complexity index is 1080. The summed E-state index contributed by atoms with van der Waals surface area (Å²) in [5.41, 5.74) is 1.21. The van der Waals surface area contributed by atoms with E-state index in [1.807, 2.05) is 30.3 Å². The van der Waals surface area contributed by atoms with Crippen LogP contribution in [0.5, 0.6) is 5.75 Å². The Labute approximate surface area is 182 Å². The number of benzene rings is 2. The smallest absolute Gasteiger partial charge is 0.405 e. The van der Waals surface area contributed by atoms with Crippen LogP contribution in [0.15, 0.2) is 65.1 Å². The third kappa shape index (κ3) is 6.63. The standard InChI is InChI=1S/C23H21F3N2O4/c1-31-18-7-5-15(6-8-18)20-11-9-19(32-20)10-12-21(29)28-17-4-2-3-16(13-17)22(30)27-14-23(24,25)26/h2-9,11,13H,10,12,14H2,1H3,(H,27,30)(H,28,29). The van der Waals surface area contributed by atoms with Crippen molar-refractivity contribution < 1.29 is 31.9 Å². The third-order valence-corrected chi connectivity index (χ3v) is 4.49. The first-order valence-corrected chi connectivity index (χ1v) is 9.71. The second-order valence-electron chi connectivity index (χ2n) is 6.92. The van der Waals surface area contributed by atoms with Crippen LogP contribution in [0.1, 0.15) is 22.5 Å². The summed E-state index contributed by atoms with van der Waals surface area (Å²) in [5, 5.41) is 4.43. The van der Waals surface area contributed by atoms with Crippen LogP contribution in [0.4, 0.5) is 18.9 Å². The molecule has 168 valence electrons. The first-order valence-electron chi connectivity index (χ1n) is 9.71. The molecule has 0 saturated carbocycles. The number of anilines is 1. The van der Waals surface area contributed by atoms with E-state index >= 15 is 0 Å². The highest BCUT2D eigenvalue weighted by molar-refractivity contribution is 5.97. The highest BCUT2D eigenvalue weighted by Crippen LogP contribution is 2.25. The molecule has 1 heterocycles. The molecule has 3 aromatic rings. The van der Waals surface area contributed by atoms with Crippen LogP contribution in [0.25, 0.3) is 11.3 Å². The summed E-state index contributed by atoms with van der Waals surface area (Å²) >= 11 is 0. The minimum Gasteiger partial charge on any atom is -0.497 e. The number of furan rings is 1. The summed E-state index contributed by atoms with van der Waals surface area (Å²) in [5.74, 6) is 0.839. The van der Waals surface area contributed by atoms with Crippen molar-refractivity contribution in [3.05, 3.63) is 72.0 Å². The summed E-state index contributed by atoms with van der Waals surface area (Å²) in [4.78, 5) is 24.1. The number of hydrogen-bond acceptors (Lipinski definition) is 4. The van der Waals surface area contributed by atoms with Gasteiger partial charge in [-0.1, -0.05) is 6.07 Å². The minimum absolute atomic E-state index is 0.0159. The van der Waals surface area contributed by atoms with E-state index in [4.69, 9.17) is 9.15 Å². The zero-order chi connectivity index (χ0) is 23.1. The van der Waals surface area contributed by atoms with E-state index in [9.17, 15) is 22.8 Å². The molecule has 0 saturated heterocycles. The summed E-state index contributed by atoms with van der Waals surface area (Å²) in [6.07, 6.45) is -4.02. The van der Waals surface area contributed by atoms with Gasteiger partial charge in [0, 0.05) is 29.7 Å². The second kappa shape index (κ2) is 10.0. The highest BCUT2D eigenvalue weighted by atomic mass is 19.4. The summed E-state index contributed by atoms with van der Waals surface area (Å²) in [6, 6.07) is 16.7. The van der Waals surface area contributed by atoms with Crippen molar-refractivity contribution in [2.24, 2.45) is 0 Å². The molecule has 32 heavy (non-hydrogen) atoms. The van der Waals surface area contributed by atoms with E-state index < -0.39 is 18.6 Å². The van der Waals surface area contributed by atoms with Gasteiger partial charge in [0.05, 0.1) is 7.11 Å². The van der Waals surface area contributed by atoms with E-state index in [0.29, 0.717) is 23.6 Å². The van der Waals surface area contributed by atoms with Crippen LogP contribution in [0, 0.1) is 0 Å². The number of methoxy groups -OCH3 is 1. The molecule has 6 nitrogen and oxygen atoms in total. The van der Waals surface area contributed by atoms with E-state index in [2.05, 4.69) is 5.32 Å². The van der Waals surface area contributed by atoms with Gasteiger partial charge in [0.1, 0.15) is 23.8 Å². The molecule has 1 aromatic heterocycles. The molecule has 0 aliphatic rings. The number of carbonyl (C=O) groups is 2. The molecule has 0 aliphatic heterocycles. The van der Waals surface area contributed by atoms with Crippen LogP contribution in [0.3, 0.4) is 0 Å². The number of aryl methyl sites for hydroxylation is 1. The predicted molar refractivity (Wildman–Crippen MR) is 112 cm³/mol. The quantitative estimate of drug-likeness (QED) is 0.520. The van der Waals surface area contributed by atoms with Gasteiger partial charge in [-0.2, -0.15) is 13.2 Å². The summed E-state index contributed by atoms with van der Waals surface area (Å²) < 4.78 is 47.7. The van der Waals surface area contributed by atoms with Crippen molar-refractivity contribution in [1.29, 1.82) is 0 Å². The topological polar surface area (TPSA) is 80.6 Å². The Morgan fingerprint density at radius 1 is 1.03 bits per heavy atom. The molecule has 0 unspecified atom stereocenters.